The lowest BCUT2D eigenvalue weighted by molar-refractivity contribution is 0.441. The monoisotopic (exact) mass is 114 g/mol. The van der Waals surface area contributed by atoms with E-state index in [2.05, 4.69) is 12.0 Å². The minimum atomic E-state index is -0.116. The fourth-order valence-electron chi connectivity index (χ4n) is 0.668. The molecule has 0 rings (SSSR count). The summed E-state index contributed by atoms with van der Waals surface area (Å²) >= 11 is 0. The summed E-state index contributed by atoms with van der Waals surface area (Å²) < 4.78 is 0. The van der Waals surface area contributed by atoms with Crippen molar-refractivity contribution in [1.29, 1.82) is 5.53 Å². The first-order valence-corrected chi connectivity index (χ1v) is 3.01. The fourth-order valence-corrected chi connectivity index (χ4v) is 0.668. The maximum Gasteiger partial charge on any atom is 0.0757 e. The van der Waals surface area contributed by atoms with Crippen LogP contribution in [0.15, 0.2) is 5.11 Å². The summed E-state index contributed by atoms with van der Waals surface area (Å²) in [7, 11) is 0. The molecule has 0 aliphatic rings. The third-order valence-corrected chi connectivity index (χ3v) is 1.16. The van der Waals surface area contributed by atoms with Gasteiger partial charge in [0.1, 0.15) is 0 Å². The third kappa shape index (κ3) is 2.72. The van der Waals surface area contributed by atoms with Gasteiger partial charge in [0.2, 0.25) is 0 Å². The van der Waals surface area contributed by atoms with Crippen LogP contribution < -0.4 is 0 Å². The number of rotatable bonds is 3. The Morgan fingerprint density at radius 1 is 1.50 bits per heavy atom. The van der Waals surface area contributed by atoms with Crippen LogP contribution in [0.2, 0.25) is 0 Å². The molecule has 0 aliphatic carbocycles. The molecule has 0 bridgehead atoms. The van der Waals surface area contributed by atoms with Crippen molar-refractivity contribution in [1.82, 2.24) is 0 Å². The smallest absolute Gasteiger partial charge is 0.0757 e. The molecule has 0 saturated carbocycles. The summed E-state index contributed by atoms with van der Waals surface area (Å²) in [5.74, 6) is 0. The molecule has 0 unspecified atom stereocenters. The maximum atomic E-state index is 6.73. The van der Waals surface area contributed by atoms with E-state index in [1.807, 2.05) is 13.8 Å². The average Bonchev–Trinajstić information content (AvgIpc) is 1.67. The number of hydrogen-bond donors (Lipinski definition) is 1. The van der Waals surface area contributed by atoms with Gasteiger partial charge in [-0.25, -0.2) is 5.53 Å². The first kappa shape index (κ1) is 7.60. The van der Waals surface area contributed by atoms with Crippen molar-refractivity contribution in [2.45, 2.75) is 39.2 Å². The van der Waals surface area contributed by atoms with Gasteiger partial charge >= 0.3 is 0 Å². The van der Waals surface area contributed by atoms with Crippen LogP contribution in [-0.4, -0.2) is 5.54 Å². The summed E-state index contributed by atoms with van der Waals surface area (Å²) in [6.45, 7) is 6.06. The van der Waals surface area contributed by atoms with Gasteiger partial charge in [0, 0.05) is 0 Å². The summed E-state index contributed by atoms with van der Waals surface area (Å²) in [4.78, 5) is 0. The SMILES string of the molecule is CCCC(C)(C)N=N. The number of nitrogens with zero attached hydrogens (tertiary/aromatic N) is 1. The van der Waals surface area contributed by atoms with Gasteiger partial charge in [0.15, 0.2) is 0 Å². The molecule has 0 fully saturated rings. The molecule has 2 heteroatoms. The molecule has 0 spiro atoms. The molecule has 1 N–H and O–H groups in total. The molecule has 8 heavy (non-hydrogen) atoms. The van der Waals surface area contributed by atoms with Gasteiger partial charge < -0.3 is 0 Å². The van der Waals surface area contributed by atoms with Crippen molar-refractivity contribution in [2.24, 2.45) is 5.11 Å². The van der Waals surface area contributed by atoms with Crippen LogP contribution in [0.1, 0.15) is 33.6 Å². The first-order valence-electron chi connectivity index (χ1n) is 3.01. The quantitative estimate of drug-likeness (QED) is 0.547. The van der Waals surface area contributed by atoms with E-state index < -0.39 is 0 Å². The van der Waals surface area contributed by atoms with E-state index in [9.17, 15) is 0 Å². The molecule has 0 aliphatic heterocycles. The van der Waals surface area contributed by atoms with E-state index in [0.29, 0.717) is 0 Å². The normalized spacial score (nSPS) is 11.4. The predicted molar refractivity (Wildman–Crippen MR) is 34.1 cm³/mol. The first-order chi connectivity index (χ1) is 3.62. The number of nitrogens with one attached hydrogen (secondary N) is 1. The lowest BCUT2D eigenvalue weighted by atomic mass is 10.0. The Balaban J connectivity index is 3.53. The number of hydrogen-bond acceptors (Lipinski definition) is 2. The van der Waals surface area contributed by atoms with Crippen LogP contribution in [-0.2, 0) is 0 Å². The molecule has 0 aromatic heterocycles. The minimum Gasteiger partial charge on any atom is -0.209 e. The zero-order valence-corrected chi connectivity index (χ0v) is 5.86. The van der Waals surface area contributed by atoms with Crippen molar-refractivity contribution in [3.05, 3.63) is 0 Å². The summed E-state index contributed by atoms with van der Waals surface area (Å²) in [5, 5.41) is 3.46. The fraction of sp³-hybridized carbons (Fsp3) is 1.00. The van der Waals surface area contributed by atoms with Gasteiger partial charge in [-0.15, -0.1) is 0 Å². The maximum absolute atomic E-state index is 6.73. The summed E-state index contributed by atoms with van der Waals surface area (Å²) in [5.41, 5.74) is 6.62. The highest BCUT2D eigenvalue weighted by molar-refractivity contribution is 4.72. The van der Waals surface area contributed by atoms with E-state index in [4.69, 9.17) is 5.53 Å². The topological polar surface area (TPSA) is 36.2 Å². The van der Waals surface area contributed by atoms with Crippen LogP contribution >= 0.6 is 0 Å². The van der Waals surface area contributed by atoms with Crippen LogP contribution in [0.4, 0.5) is 0 Å². The van der Waals surface area contributed by atoms with E-state index in [1.54, 1.807) is 0 Å². The summed E-state index contributed by atoms with van der Waals surface area (Å²) in [6, 6.07) is 0. The molecular weight excluding hydrogens is 100 g/mol. The molecule has 0 aromatic rings. The van der Waals surface area contributed by atoms with Crippen LogP contribution in [0.5, 0.6) is 0 Å². The van der Waals surface area contributed by atoms with Crippen LogP contribution in [0, 0.1) is 5.53 Å². The molecule has 0 radical (unpaired) electrons. The molecule has 48 valence electrons. The lowest BCUT2D eigenvalue weighted by Gasteiger charge is -2.14. The van der Waals surface area contributed by atoms with Gasteiger partial charge in [-0.2, -0.15) is 5.11 Å². The van der Waals surface area contributed by atoms with Gasteiger partial charge in [-0.1, -0.05) is 13.3 Å². The molecule has 0 saturated heterocycles. The second-order valence-electron chi connectivity index (χ2n) is 2.67. The molecular formula is C6H14N2. The highest BCUT2D eigenvalue weighted by atomic mass is 15.0. The van der Waals surface area contributed by atoms with E-state index in [0.717, 1.165) is 12.8 Å². The second kappa shape index (κ2) is 2.80. The van der Waals surface area contributed by atoms with Gasteiger partial charge in [-0.3, -0.25) is 0 Å². The Morgan fingerprint density at radius 3 is 2.12 bits per heavy atom. The van der Waals surface area contributed by atoms with Crippen molar-refractivity contribution in [3.63, 3.8) is 0 Å². The summed E-state index contributed by atoms with van der Waals surface area (Å²) in [6.07, 6.45) is 2.12. The standard InChI is InChI=1S/C6H14N2/c1-4-5-6(2,3)8-7/h7H,4-5H2,1-3H3. The van der Waals surface area contributed by atoms with Crippen LogP contribution in [0.25, 0.3) is 0 Å². The van der Waals surface area contributed by atoms with E-state index in [1.165, 1.54) is 0 Å². The highest BCUT2D eigenvalue weighted by Gasteiger charge is 2.12. The Hall–Kier alpha value is -0.400. The van der Waals surface area contributed by atoms with Gasteiger partial charge in [-0.05, 0) is 20.3 Å². The molecule has 0 amide bonds. The zero-order valence-electron chi connectivity index (χ0n) is 5.86. The Bertz CT molecular complexity index is 76.6. The molecule has 0 aromatic carbocycles. The lowest BCUT2D eigenvalue weighted by Crippen LogP contribution is -2.13. The van der Waals surface area contributed by atoms with Crippen molar-refractivity contribution < 1.29 is 0 Å². The second-order valence-corrected chi connectivity index (χ2v) is 2.67. The van der Waals surface area contributed by atoms with Crippen molar-refractivity contribution >= 4 is 0 Å². The molecule has 2 nitrogen and oxygen atoms in total. The highest BCUT2D eigenvalue weighted by Crippen LogP contribution is 2.14. The average molecular weight is 114 g/mol. The Kier molecular flexibility index (Phi) is 2.66. The largest absolute Gasteiger partial charge is 0.209 e. The zero-order chi connectivity index (χ0) is 6.62. The molecule has 0 atom stereocenters. The van der Waals surface area contributed by atoms with E-state index in [-0.39, 0.29) is 5.54 Å². The molecule has 0 heterocycles. The van der Waals surface area contributed by atoms with Crippen molar-refractivity contribution in [2.75, 3.05) is 0 Å². The Labute approximate surface area is 50.8 Å². The van der Waals surface area contributed by atoms with E-state index >= 15 is 0 Å². The van der Waals surface area contributed by atoms with Crippen molar-refractivity contribution in [3.8, 4) is 0 Å². The predicted octanol–water partition coefficient (Wildman–Crippen LogP) is 2.60. The third-order valence-electron chi connectivity index (χ3n) is 1.16. The van der Waals surface area contributed by atoms with Crippen LogP contribution in [0.3, 0.4) is 0 Å². The van der Waals surface area contributed by atoms with Gasteiger partial charge in [0.05, 0.1) is 5.54 Å². The Morgan fingerprint density at radius 2 is 2.00 bits per heavy atom. The van der Waals surface area contributed by atoms with Gasteiger partial charge in [0.25, 0.3) is 0 Å². The minimum absolute atomic E-state index is 0.116.